The van der Waals surface area contributed by atoms with Crippen LogP contribution in [0.25, 0.3) is 0 Å². The molecule has 0 bridgehead atoms. The molecular formula is C13H15ClN4O2S. The molecule has 0 aliphatic carbocycles. The number of carbonyl (C=O) groups is 1. The zero-order valence-electron chi connectivity index (χ0n) is 11.7. The standard InChI is InChI=1S/C13H15ClN4O2S/c1-8-5-9(3-4-10(8)14)20-6-12-16-17-13(18(12)2)21-7-11(15)19/h3-5H,6-7H2,1-2H3,(H2,15,19). The van der Waals surface area contributed by atoms with Crippen LogP contribution in [0.1, 0.15) is 11.4 Å². The highest BCUT2D eigenvalue weighted by Crippen LogP contribution is 2.22. The molecule has 21 heavy (non-hydrogen) atoms. The molecule has 6 nitrogen and oxygen atoms in total. The second-order valence-electron chi connectivity index (χ2n) is 4.41. The Morgan fingerprint density at radius 1 is 1.48 bits per heavy atom. The summed E-state index contributed by atoms with van der Waals surface area (Å²) in [5.74, 6) is 1.15. The van der Waals surface area contributed by atoms with Gasteiger partial charge in [-0.1, -0.05) is 23.4 Å². The van der Waals surface area contributed by atoms with Crippen LogP contribution < -0.4 is 10.5 Å². The minimum absolute atomic E-state index is 0.170. The molecule has 0 fully saturated rings. The quantitative estimate of drug-likeness (QED) is 0.820. The predicted octanol–water partition coefficient (Wildman–Crippen LogP) is 1.93. The molecule has 8 heteroatoms. The van der Waals surface area contributed by atoms with Crippen molar-refractivity contribution in [2.75, 3.05) is 5.75 Å². The van der Waals surface area contributed by atoms with Crippen LogP contribution in [-0.4, -0.2) is 26.4 Å². The Morgan fingerprint density at radius 3 is 2.90 bits per heavy atom. The zero-order valence-corrected chi connectivity index (χ0v) is 13.2. The third-order valence-corrected chi connectivity index (χ3v) is 4.23. The van der Waals surface area contributed by atoms with E-state index in [4.69, 9.17) is 22.1 Å². The molecule has 0 aliphatic heterocycles. The molecular weight excluding hydrogens is 312 g/mol. The highest BCUT2D eigenvalue weighted by Gasteiger charge is 2.11. The van der Waals surface area contributed by atoms with Crippen LogP contribution in [0.5, 0.6) is 5.75 Å². The first-order valence-electron chi connectivity index (χ1n) is 6.15. The molecule has 1 amide bonds. The first-order valence-corrected chi connectivity index (χ1v) is 7.52. The number of aromatic nitrogens is 3. The molecule has 0 aliphatic rings. The third-order valence-electron chi connectivity index (χ3n) is 2.77. The number of amides is 1. The maximum Gasteiger partial charge on any atom is 0.227 e. The molecule has 2 aromatic rings. The maximum absolute atomic E-state index is 10.8. The largest absolute Gasteiger partial charge is 0.486 e. The first kappa shape index (κ1) is 15.7. The van der Waals surface area contributed by atoms with E-state index in [0.717, 1.165) is 5.56 Å². The Labute approximate surface area is 131 Å². The molecule has 1 heterocycles. The van der Waals surface area contributed by atoms with Gasteiger partial charge >= 0.3 is 0 Å². The van der Waals surface area contributed by atoms with Crippen LogP contribution in [0.4, 0.5) is 0 Å². The summed E-state index contributed by atoms with van der Waals surface area (Å²) in [6.07, 6.45) is 0. The van der Waals surface area contributed by atoms with Gasteiger partial charge in [0.15, 0.2) is 11.0 Å². The Morgan fingerprint density at radius 2 is 2.24 bits per heavy atom. The van der Waals surface area contributed by atoms with E-state index in [9.17, 15) is 4.79 Å². The molecule has 2 rings (SSSR count). The van der Waals surface area contributed by atoms with E-state index < -0.39 is 5.91 Å². The van der Waals surface area contributed by atoms with E-state index in [0.29, 0.717) is 21.8 Å². The van der Waals surface area contributed by atoms with Gasteiger partial charge in [-0.05, 0) is 30.7 Å². The monoisotopic (exact) mass is 326 g/mol. The van der Waals surface area contributed by atoms with Crippen molar-refractivity contribution in [3.63, 3.8) is 0 Å². The summed E-state index contributed by atoms with van der Waals surface area (Å²) in [5.41, 5.74) is 6.05. The number of hydrogen-bond donors (Lipinski definition) is 1. The molecule has 1 aromatic carbocycles. The zero-order chi connectivity index (χ0) is 15.4. The van der Waals surface area contributed by atoms with E-state index in [1.165, 1.54) is 11.8 Å². The number of aryl methyl sites for hydroxylation is 1. The minimum atomic E-state index is -0.391. The molecule has 1 aromatic heterocycles. The third kappa shape index (κ3) is 4.12. The number of primary amides is 1. The van der Waals surface area contributed by atoms with Gasteiger partial charge in [-0.25, -0.2) is 0 Å². The molecule has 0 spiro atoms. The summed E-state index contributed by atoms with van der Waals surface area (Å²) in [6.45, 7) is 2.19. The average molecular weight is 327 g/mol. The number of nitrogens with two attached hydrogens (primary N) is 1. The SMILES string of the molecule is Cc1cc(OCc2nnc(SCC(N)=O)n2C)ccc1Cl. The fourth-order valence-electron chi connectivity index (χ4n) is 1.59. The number of thioether (sulfide) groups is 1. The van der Waals surface area contributed by atoms with Crippen molar-refractivity contribution in [3.05, 3.63) is 34.6 Å². The van der Waals surface area contributed by atoms with Gasteiger partial charge in [-0.15, -0.1) is 10.2 Å². The van der Waals surface area contributed by atoms with Crippen molar-refractivity contribution < 1.29 is 9.53 Å². The first-order chi connectivity index (χ1) is 9.97. The lowest BCUT2D eigenvalue weighted by Gasteiger charge is -2.07. The van der Waals surface area contributed by atoms with Crippen molar-refractivity contribution in [2.24, 2.45) is 12.8 Å². The predicted molar refractivity (Wildman–Crippen MR) is 81.4 cm³/mol. The Balaban J connectivity index is 2.00. The number of ether oxygens (including phenoxy) is 1. The number of hydrogen-bond acceptors (Lipinski definition) is 5. The van der Waals surface area contributed by atoms with Gasteiger partial charge in [0.1, 0.15) is 12.4 Å². The maximum atomic E-state index is 10.8. The van der Waals surface area contributed by atoms with Gasteiger partial charge in [-0.3, -0.25) is 4.79 Å². The number of benzene rings is 1. The van der Waals surface area contributed by atoms with Crippen molar-refractivity contribution in [1.29, 1.82) is 0 Å². The number of carbonyl (C=O) groups excluding carboxylic acids is 1. The number of rotatable bonds is 6. The van der Waals surface area contributed by atoms with Gasteiger partial charge in [0.25, 0.3) is 0 Å². The van der Waals surface area contributed by atoms with E-state index in [1.54, 1.807) is 16.7 Å². The summed E-state index contributed by atoms with van der Waals surface area (Å²) in [5, 5.41) is 9.36. The molecule has 0 atom stereocenters. The van der Waals surface area contributed by atoms with Crippen LogP contribution in [0.15, 0.2) is 23.4 Å². The van der Waals surface area contributed by atoms with Crippen molar-refractivity contribution in [3.8, 4) is 5.75 Å². The topological polar surface area (TPSA) is 83.0 Å². The van der Waals surface area contributed by atoms with E-state index in [-0.39, 0.29) is 12.4 Å². The fourth-order valence-corrected chi connectivity index (χ4v) is 2.37. The van der Waals surface area contributed by atoms with Crippen LogP contribution in [0, 0.1) is 6.92 Å². The lowest BCUT2D eigenvalue weighted by Crippen LogP contribution is -2.13. The van der Waals surface area contributed by atoms with Crippen LogP contribution in [0.3, 0.4) is 0 Å². The molecule has 0 saturated heterocycles. The van der Waals surface area contributed by atoms with E-state index in [1.807, 2.05) is 20.0 Å². The Hall–Kier alpha value is -1.73. The minimum Gasteiger partial charge on any atom is -0.486 e. The summed E-state index contributed by atoms with van der Waals surface area (Å²) in [4.78, 5) is 10.8. The fraction of sp³-hybridized carbons (Fsp3) is 0.308. The summed E-state index contributed by atoms with van der Waals surface area (Å²) < 4.78 is 7.44. The Kier molecular flexibility index (Phi) is 5.08. The Bertz CT molecular complexity index is 660. The van der Waals surface area contributed by atoms with Gasteiger partial charge in [0.05, 0.1) is 5.75 Å². The number of nitrogens with zero attached hydrogens (tertiary/aromatic N) is 3. The highest BCUT2D eigenvalue weighted by molar-refractivity contribution is 7.99. The van der Waals surface area contributed by atoms with Crippen molar-refractivity contribution in [1.82, 2.24) is 14.8 Å². The second kappa shape index (κ2) is 6.82. The lowest BCUT2D eigenvalue weighted by molar-refractivity contribution is -0.115. The molecule has 0 unspecified atom stereocenters. The summed E-state index contributed by atoms with van der Waals surface area (Å²) in [7, 11) is 1.81. The number of halogens is 1. The molecule has 112 valence electrons. The average Bonchev–Trinajstić information content (AvgIpc) is 2.78. The summed E-state index contributed by atoms with van der Waals surface area (Å²) in [6, 6.07) is 5.45. The van der Waals surface area contributed by atoms with Gasteiger partial charge in [0.2, 0.25) is 5.91 Å². The van der Waals surface area contributed by atoms with E-state index >= 15 is 0 Å². The van der Waals surface area contributed by atoms with Crippen molar-refractivity contribution in [2.45, 2.75) is 18.7 Å². The van der Waals surface area contributed by atoms with Gasteiger partial charge < -0.3 is 15.0 Å². The van der Waals surface area contributed by atoms with Gasteiger partial charge in [0, 0.05) is 12.1 Å². The molecule has 2 N–H and O–H groups in total. The van der Waals surface area contributed by atoms with E-state index in [2.05, 4.69) is 10.2 Å². The van der Waals surface area contributed by atoms with Crippen molar-refractivity contribution >= 4 is 29.3 Å². The van der Waals surface area contributed by atoms with Crippen LogP contribution >= 0.6 is 23.4 Å². The molecule has 0 radical (unpaired) electrons. The van der Waals surface area contributed by atoms with Crippen LogP contribution in [-0.2, 0) is 18.4 Å². The lowest BCUT2D eigenvalue weighted by atomic mass is 10.2. The normalized spacial score (nSPS) is 10.6. The second-order valence-corrected chi connectivity index (χ2v) is 5.76. The summed E-state index contributed by atoms with van der Waals surface area (Å²) >= 11 is 7.21. The smallest absolute Gasteiger partial charge is 0.227 e. The van der Waals surface area contributed by atoms with Gasteiger partial charge in [-0.2, -0.15) is 0 Å². The highest BCUT2D eigenvalue weighted by atomic mass is 35.5. The molecule has 0 saturated carbocycles. The van der Waals surface area contributed by atoms with Crippen LogP contribution in [0.2, 0.25) is 5.02 Å².